The molecule has 2 aliphatic rings. The van der Waals surface area contributed by atoms with Gasteiger partial charge in [-0.1, -0.05) is 24.3 Å². The Hall–Kier alpha value is -2.03. The van der Waals surface area contributed by atoms with Gasteiger partial charge in [-0.05, 0) is 24.0 Å². The van der Waals surface area contributed by atoms with Crippen molar-refractivity contribution < 1.29 is 8.42 Å². The van der Waals surface area contributed by atoms with Gasteiger partial charge in [-0.3, -0.25) is 4.98 Å². The summed E-state index contributed by atoms with van der Waals surface area (Å²) < 4.78 is 29.1. The quantitative estimate of drug-likeness (QED) is 0.799. The molecule has 1 aromatic carbocycles. The van der Waals surface area contributed by atoms with Crippen LogP contribution in [0, 0.1) is 18.8 Å². The topological polar surface area (TPSA) is 69.6 Å². The van der Waals surface area contributed by atoms with E-state index in [0.717, 1.165) is 30.0 Å². The normalized spacial score (nSPS) is 25.9. The maximum atomic E-state index is 13.0. The molecule has 0 amide bonds. The SMILES string of the molecule is Cc1ccccc1[C@@H]1[C@H]2CN(c3cnccn3)C[C@H]2CN1S(=O)(=O)N(C)C. The largest absolute Gasteiger partial charge is 0.355 e. The van der Waals surface area contributed by atoms with Gasteiger partial charge in [-0.2, -0.15) is 17.0 Å². The van der Waals surface area contributed by atoms with E-state index in [1.165, 1.54) is 4.31 Å². The average Bonchev–Trinajstić information content (AvgIpc) is 3.21. The highest BCUT2D eigenvalue weighted by Gasteiger charge is 2.52. The molecule has 2 aromatic rings. The van der Waals surface area contributed by atoms with Crippen molar-refractivity contribution in [2.75, 3.05) is 38.6 Å². The molecule has 3 atom stereocenters. The van der Waals surface area contributed by atoms with E-state index < -0.39 is 10.2 Å². The number of anilines is 1. The van der Waals surface area contributed by atoms with Crippen molar-refractivity contribution >= 4 is 16.0 Å². The molecule has 8 heteroatoms. The van der Waals surface area contributed by atoms with Crippen LogP contribution in [-0.4, -0.2) is 60.7 Å². The molecule has 2 aliphatic heterocycles. The predicted molar refractivity (Wildman–Crippen MR) is 104 cm³/mol. The lowest BCUT2D eigenvalue weighted by atomic mass is 9.88. The zero-order valence-electron chi connectivity index (χ0n) is 15.9. The van der Waals surface area contributed by atoms with Gasteiger partial charge < -0.3 is 4.90 Å². The summed E-state index contributed by atoms with van der Waals surface area (Å²) in [7, 11) is -0.292. The highest BCUT2D eigenvalue weighted by molar-refractivity contribution is 7.86. The van der Waals surface area contributed by atoms with Crippen molar-refractivity contribution in [1.82, 2.24) is 18.6 Å². The van der Waals surface area contributed by atoms with Gasteiger partial charge in [-0.15, -0.1) is 0 Å². The first-order chi connectivity index (χ1) is 12.9. The molecule has 144 valence electrons. The van der Waals surface area contributed by atoms with E-state index in [1.54, 1.807) is 37.0 Å². The molecule has 0 aliphatic carbocycles. The maximum absolute atomic E-state index is 13.0. The van der Waals surface area contributed by atoms with Crippen LogP contribution in [0.25, 0.3) is 0 Å². The van der Waals surface area contributed by atoms with Crippen LogP contribution >= 0.6 is 0 Å². The Morgan fingerprint density at radius 1 is 1.11 bits per heavy atom. The summed E-state index contributed by atoms with van der Waals surface area (Å²) in [5, 5.41) is 0. The Balaban J connectivity index is 1.72. The van der Waals surface area contributed by atoms with E-state index in [1.807, 2.05) is 12.1 Å². The molecule has 7 nitrogen and oxygen atoms in total. The Morgan fingerprint density at radius 2 is 1.89 bits per heavy atom. The Kier molecular flexibility index (Phi) is 4.65. The first-order valence-corrected chi connectivity index (χ1v) is 10.5. The summed E-state index contributed by atoms with van der Waals surface area (Å²) in [5.74, 6) is 1.35. The molecule has 0 spiro atoms. The number of aromatic nitrogens is 2. The van der Waals surface area contributed by atoms with Crippen molar-refractivity contribution in [3.8, 4) is 0 Å². The first-order valence-electron chi connectivity index (χ1n) is 9.15. The van der Waals surface area contributed by atoms with Crippen LogP contribution in [0.4, 0.5) is 5.82 Å². The van der Waals surface area contributed by atoms with E-state index in [-0.39, 0.29) is 17.9 Å². The van der Waals surface area contributed by atoms with E-state index >= 15 is 0 Å². The van der Waals surface area contributed by atoms with Crippen molar-refractivity contribution in [2.45, 2.75) is 13.0 Å². The molecule has 1 aromatic heterocycles. The second-order valence-electron chi connectivity index (χ2n) is 7.55. The standard InChI is InChI=1S/C19H25N5O2S/c1-14-6-4-5-7-16(14)19-17-13-23(18-10-20-8-9-21-18)11-15(17)12-24(19)27(25,26)22(2)3/h4-10,15,17,19H,11-13H2,1-3H3/t15-,17-,19+/m0/s1. The zero-order chi connectivity index (χ0) is 19.2. The van der Waals surface area contributed by atoms with E-state index in [9.17, 15) is 8.42 Å². The average molecular weight is 388 g/mol. The summed E-state index contributed by atoms with van der Waals surface area (Å²) in [6.07, 6.45) is 5.14. The van der Waals surface area contributed by atoms with Crippen LogP contribution in [0.5, 0.6) is 0 Å². The Bertz CT molecular complexity index is 919. The molecule has 2 saturated heterocycles. The number of benzene rings is 1. The highest BCUT2D eigenvalue weighted by Crippen LogP contribution is 2.47. The smallest absolute Gasteiger partial charge is 0.282 e. The van der Waals surface area contributed by atoms with Gasteiger partial charge in [0.2, 0.25) is 0 Å². The lowest BCUT2D eigenvalue weighted by molar-refractivity contribution is 0.327. The molecule has 0 saturated carbocycles. The third-order valence-corrected chi connectivity index (χ3v) is 7.65. The molecule has 27 heavy (non-hydrogen) atoms. The van der Waals surface area contributed by atoms with E-state index in [2.05, 4.69) is 33.9 Å². The van der Waals surface area contributed by atoms with Gasteiger partial charge in [0.05, 0.1) is 12.2 Å². The molecule has 0 N–H and O–H groups in total. The number of rotatable bonds is 4. The van der Waals surface area contributed by atoms with Gasteiger partial charge in [0, 0.05) is 52.0 Å². The van der Waals surface area contributed by atoms with E-state index in [4.69, 9.17) is 0 Å². The van der Waals surface area contributed by atoms with Crippen molar-refractivity contribution in [3.63, 3.8) is 0 Å². The second kappa shape index (κ2) is 6.85. The summed E-state index contributed by atoms with van der Waals surface area (Å²) in [6.45, 7) is 4.16. The van der Waals surface area contributed by atoms with Crippen LogP contribution in [0.2, 0.25) is 0 Å². The Labute approximate surface area is 160 Å². The summed E-state index contributed by atoms with van der Waals surface area (Å²) in [5.41, 5.74) is 2.22. The number of hydrogen-bond donors (Lipinski definition) is 0. The molecular weight excluding hydrogens is 362 g/mol. The fourth-order valence-corrected chi connectivity index (χ4v) is 5.76. The Morgan fingerprint density at radius 3 is 2.56 bits per heavy atom. The first kappa shape index (κ1) is 18.3. The van der Waals surface area contributed by atoms with Crippen molar-refractivity contribution in [3.05, 3.63) is 54.0 Å². The molecular formula is C19H25N5O2S. The number of nitrogens with zero attached hydrogens (tertiary/aromatic N) is 5. The fraction of sp³-hybridized carbons (Fsp3) is 0.474. The third-order valence-electron chi connectivity index (χ3n) is 5.76. The van der Waals surface area contributed by atoms with Gasteiger partial charge in [0.15, 0.2) is 0 Å². The van der Waals surface area contributed by atoms with Gasteiger partial charge in [-0.25, -0.2) is 4.98 Å². The lowest BCUT2D eigenvalue weighted by Gasteiger charge is -2.32. The number of aryl methyl sites for hydroxylation is 1. The molecule has 0 bridgehead atoms. The molecule has 4 rings (SSSR count). The van der Waals surface area contributed by atoms with Crippen molar-refractivity contribution in [1.29, 1.82) is 0 Å². The minimum Gasteiger partial charge on any atom is -0.355 e. The number of hydrogen-bond acceptors (Lipinski definition) is 5. The summed E-state index contributed by atoms with van der Waals surface area (Å²) in [4.78, 5) is 10.8. The van der Waals surface area contributed by atoms with Crippen LogP contribution in [-0.2, 0) is 10.2 Å². The van der Waals surface area contributed by atoms with Crippen LogP contribution in [0.3, 0.4) is 0 Å². The highest BCUT2D eigenvalue weighted by atomic mass is 32.2. The fourth-order valence-electron chi connectivity index (χ4n) is 4.40. The van der Waals surface area contributed by atoms with Gasteiger partial charge >= 0.3 is 0 Å². The van der Waals surface area contributed by atoms with Gasteiger partial charge in [0.1, 0.15) is 5.82 Å². The van der Waals surface area contributed by atoms with Crippen LogP contribution in [0.1, 0.15) is 17.2 Å². The molecule has 0 unspecified atom stereocenters. The van der Waals surface area contributed by atoms with E-state index in [0.29, 0.717) is 6.54 Å². The molecule has 3 heterocycles. The predicted octanol–water partition coefficient (Wildman–Crippen LogP) is 1.70. The number of fused-ring (bicyclic) bond motifs is 1. The van der Waals surface area contributed by atoms with Gasteiger partial charge in [0.25, 0.3) is 10.2 Å². The zero-order valence-corrected chi connectivity index (χ0v) is 16.7. The minimum atomic E-state index is -3.49. The summed E-state index contributed by atoms with van der Waals surface area (Å²) in [6, 6.07) is 7.94. The minimum absolute atomic E-state index is 0.162. The maximum Gasteiger partial charge on any atom is 0.282 e. The van der Waals surface area contributed by atoms with Crippen LogP contribution in [0.15, 0.2) is 42.9 Å². The molecule has 2 fully saturated rings. The van der Waals surface area contributed by atoms with Crippen molar-refractivity contribution in [2.24, 2.45) is 11.8 Å². The van der Waals surface area contributed by atoms with Crippen LogP contribution < -0.4 is 4.90 Å². The molecule has 0 radical (unpaired) electrons. The second-order valence-corrected chi connectivity index (χ2v) is 9.65. The third kappa shape index (κ3) is 3.11. The monoisotopic (exact) mass is 387 g/mol. The lowest BCUT2D eigenvalue weighted by Crippen LogP contribution is -2.42. The summed E-state index contributed by atoms with van der Waals surface area (Å²) >= 11 is 0.